The predicted molar refractivity (Wildman–Crippen MR) is 241 cm³/mol. The van der Waals surface area contributed by atoms with Gasteiger partial charge in [0.1, 0.15) is 0 Å². The third kappa shape index (κ3) is 41.7. The van der Waals surface area contributed by atoms with E-state index in [0.717, 1.165) is 70.6 Å². The van der Waals surface area contributed by atoms with Crippen molar-refractivity contribution in [3.05, 3.63) is 36.5 Å². The number of nitrogens with one attached hydrogen (secondary N) is 1. The van der Waals surface area contributed by atoms with Crippen molar-refractivity contribution in [1.82, 2.24) is 5.32 Å². The first-order valence-electron chi connectivity index (χ1n) is 24.3. The molecule has 0 rings (SSSR count). The van der Waals surface area contributed by atoms with Gasteiger partial charge in [0.2, 0.25) is 5.91 Å². The predicted octanol–water partition coefficient (Wildman–Crippen LogP) is 14.1. The monoisotopic (exact) mass is 788 g/mol. The quantitative estimate of drug-likeness (QED) is 0.0325. The van der Waals surface area contributed by atoms with E-state index in [1.807, 2.05) is 6.08 Å². The van der Waals surface area contributed by atoms with E-state index >= 15 is 0 Å². The van der Waals surface area contributed by atoms with Gasteiger partial charge in [0.15, 0.2) is 0 Å². The summed E-state index contributed by atoms with van der Waals surface area (Å²) >= 11 is 0. The molecule has 0 radical (unpaired) electrons. The van der Waals surface area contributed by atoms with Crippen molar-refractivity contribution in [3.63, 3.8) is 0 Å². The van der Waals surface area contributed by atoms with Crippen molar-refractivity contribution in [2.45, 2.75) is 257 Å². The lowest BCUT2D eigenvalue weighted by Gasteiger charge is -2.20. The lowest BCUT2D eigenvalue weighted by Crippen LogP contribution is -2.45. The summed E-state index contributed by atoms with van der Waals surface area (Å²) in [6, 6.07) is -0.638. The lowest BCUT2D eigenvalue weighted by molar-refractivity contribution is -0.143. The third-order valence-corrected chi connectivity index (χ3v) is 10.9. The van der Waals surface area contributed by atoms with Gasteiger partial charge in [0, 0.05) is 12.8 Å². The Labute approximate surface area is 347 Å². The summed E-state index contributed by atoms with van der Waals surface area (Å²) in [5.41, 5.74) is 0. The van der Waals surface area contributed by atoms with Crippen molar-refractivity contribution in [3.8, 4) is 0 Å². The Kier molecular flexibility index (Phi) is 44.2. The fourth-order valence-corrected chi connectivity index (χ4v) is 7.09. The number of aliphatic hydroxyl groups excluding tert-OH is 2. The second kappa shape index (κ2) is 45.8. The molecular weight excluding hydrogens is 695 g/mol. The first-order valence-corrected chi connectivity index (χ1v) is 24.3. The fraction of sp³-hybridized carbons (Fsp3) is 0.840. The van der Waals surface area contributed by atoms with Crippen LogP contribution >= 0.6 is 0 Å². The van der Waals surface area contributed by atoms with Crippen LogP contribution < -0.4 is 5.32 Å². The molecule has 328 valence electrons. The highest BCUT2D eigenvalue weighted by Gasteiger charge is 2.18. The van der Waals surface area contributed by atoms with Crippen LogP contribution in [-0.2, 0) is 14.3 Å². The van der Waals surface area contributed by atoms with E-state index in [-0.39, 0.29) is 18.5 Å². The van der Waals surface area contributed by atoms with Gasteiger partial charge in [0.25, 0.3) is 0 Å². The second-order valence-corrected chi connectivity index (χ2v) is 16.4. The van der Waals surface area contributed by atoms with Crippen LogP contribution in [0.2, 0.25) is 0 Å². The maximum Gasteiger partial charge on any atom is 0.305 e. The Balaban J connectivity index is 3.51. The molecule has 0 aromatic heterocycles. The number of ether oxygens (including phenoxy) is 1. The molecule has 0 aromatic rings. The highest BCUT2D eigenvalue weighted by atomic mass is 16.5. The third-order valence-electron chi connectivity index (χ3n) is 10.9. The minimum absolute atomic E-state index is 0.0216. The highest BCUT2D eigenvalue weighted by molar-refractivity contribution is 5.76. The Bertz CT molecular complexity index is 915. The zero-order valence-corrected chi connectivity index (χ0v) is 37.1. The Morgan fingerprint density at radius 2 is 0.839 bits per heavy atom. The van der Waals surface area contributed by atoms with Gasteiger partial charge in [-0.2, -0.15) is 0 Å². The van der Waals surface area contributed by atoms with Crippen LogP contribution in [0.15, 0.2) is 36.5 Å². The molecule has 2 atom stereocenters. The van der Waals surface area contributed by atoms with E-state index in [2.05, 4.69) is 43.5 Å². The van der Waals surface area contributed by atoms with Crippen LogP contribution in [-0.4, -0.2) is 47.4 Å². The molecule has 1 amide bonds. The fourth-order valence-electron chi connectivity index (χ4n) is 7.09. The molecule has 6 heteroatoms. The molecule has 0 heterocycles. The Morgan fingerprint density at radius 1 is 0.482 bits per heavy atom. The number of carbonyl (C=O) groups is 2. The number of allylic oxidation sites excluding steroid dienone is 5. The van der Waals surface area contributed by atoms with E-state index in [0.29, 0.717) is 19.4 Å². The summed E-state index contributed by atoms with van der Waals surface area (Å²) in [6.45, 7) is 4.82. The molecule has 0 aliphatic carbocycles. The summed E-state index contributed by atoms with van der Waals surface area (Å²) in [5.74, 6) is -0.108. The zero-order valence-electron chi connectivity index (χ0n) is 37.1. The highest BCUT2D eigenvalue weighted by Crippen LogP contribution is 2.14. The van der Waals surface area contributed by atoms with Gasteiger partial charge in [-0.3, -0.25) is 9.59 Å². The number of hydrogen-bond acceptors (Lipinski definition) is 5. The summed E-state index contributed by atoms with van der Waals surface area (Å²) < 4.78 is 5.44. The smallest absolute Gasteiger partial charge is 0.305 e. The van der Waals surface area contributed by atoms with Crippen LogP contribution in [0.3, 0.4) is 0 Å². The topological polar surface area (TPSA) is 95.9 Å². The van der Waals surface area contributed by atoms with Gasteiger partial charge in [0.05, 0.1) is 25.4 Å². The van der Waals surface area contributed by atoms with Gasteiger partial charge in [-0.15, -0.1) is 0 Å². The maximum atomic E-state index is 12.4. The van der Waals surface area contributed by atoms with Crippen LogP contribution in [0.4, 0.5) is 0 Å². The molecular formula is C50H93NO5. The molecule has 0 spiro atoms. The van der Waals surface area contributed by atoms with Crippen molar-refractivity contribution in [1.29, 1.82) is 0 Å². The first-order chi connectivity index (χ1) is 27.5. The van der Waals surface area contributed by atoms with Gasteiger partial charge in [-0.25, -0.2) is 0 Å². The Hall–Kier alpha value is -1.92. The molecule has 3 N–H and O–H groups in total. The zero-order chi connectivity index (χ0) is 40.8. The van der Waals surface area contributed by atoms with Gasteiger partial charge in [-0.05, 0) is 83.5 Å². The standard InChI is InChI=1S/C50H93NO5/c1-3-5-7-9-11-13-15-19-24-28-32-36-40-44-50(55)56-45-41-37-33-29-25-21-18-16-17-20-23-27-31-35-39-43-49(54)51-47(46-52)48(53)42-38-34-30-26-22-14-12-10-8-6-4-2/h13,15,18,21,38,42,47-48,52-53H,3-12,14,16-17,19-20,22-37,39-41,43-46H2,1-2H3,(H,51,54)/b15-13-,21-18-,42-38+. The van der Waals surface area contributed by atoms with E-state index in [1.165, 1.54) is 148 Å². The van der Waals surface area contributed by atoms with E-state index in [9.17, 15) is 19.8 Å². The summed E-state index contributed by atoms with van der Waals surface area (Å²) in [4.78, 5) is 24.4. The van der Waals surface area contributed by atoms with Crippen molar-refractivity contribution in [2.75, 3.05) is 13.2 Å². The summed E-state index contributed by atoms with van der Waals surface area (Å²) in [6.07, 6.45) is 54.2. The number of unbranched alkanes of at least 4 members (excludes halogenated alkanes) is 29. The van der Waals surface area contributed by atoms with E-state index < -0.39 is 12.1 Å². The normalized spacial score (nSPS) is 13.0. The number of aliphatic hydroxyl groups is 2. The minimum Gasteiger partial charge on any atom is -0.466 e. The second-order valence-electron chi connectivity index (χ2n) is 16.4. The van der Waals surface area contributed by atoms with Gasteiger partial charge in [-0.1, -0.05) is 185 Å². The molecule has 0 aliphatic heterocycles. The molecule has 0 aliphatic rings. The van der Waals surface area contributed by atoms with Crippen LogP contribution in [0.1, 0.15) is 245 Å². The van der Waals surface area contributed by atoms with E-state index in [4.69, 9.17) is 4.74 Å². The van der Waals surface area contributed by atoms with Crippen LogP contribution in [0.5, 0.6) is 0 Å². The molecule has 6 nitrogen and oxygen atoms in total. The molecule has 0 aromatic carbocycles. The average Bonchev–Trinajstić information content (AvgIpc) is 3.20. The number of hydrogen-bond donors (Lipinski definition) is 3. The van der Waals surface area contributed by atoms with Crippen molar-refractivity contribution in [2.24, 2.45) is 0 Å². The molecule has 0 bridgehead atoms. The number of amides is 1. The summed E-state index contributed by atoms with van der Waals surface area (Å²) in [7, 11) is 0. The Morgan fingerprint density at radius 3 is 1.29 bits per heavy atom. The van der Waals surface area contributed by atoms with Crippen molar-refractivity contribution >= 4 is 11.9 Å². The molecule has 0 saturated heterocycles. The largest absolute Gasteiger partial charge is 0.466 e. The van der Waals surface area contributed by atoms with Gasteiger partial charge < -0.3 is 20.3 Å². The molecule has 56 heavy (non-hydrogen) atoms. The first kappa shape index (κ1) is 54.1. The average molecular weight is 788 g/mol. The SMILES string of the molecule is CCCCCC/C=C\CCCCCCCC(=O)OCCCCCC/C=C\CCCCCCCCCC(=O)NC(CO)C(O)/C=C/CCCCCCCCCCC. The number of carbonyl (C=O) groups excluding carboxylic acids is 2. The maximum absolute atomic E-state index is 12.4. The minimum atomic E-state index is -0.853. The number of esters is 1. The molecule has 0 fully saturated rings. The van der Waals surface area contributed by atoms with E-state index in [1.54, 1.807) is 6.08 Å². The van der Waals surface area contributed by atoms with Gasteiger partial charge >= 0.3 is 5.97 Å². The lowest BCUT2D eigenvalue weighted by atomic mass is 10.1. The molecule has 0 saturated carbocycles. The van der Waals surface area contributed by atoms with Crippen molar-refractivity contribution < 1.29 is 24.5 Å². The summed E-state index contributed by atoms with van der Waals surface area (Å²) in [5, 5.41) is 22.9. The number of rotatable bonds is 44. The molecule has 2 unspecified atom stereocenters. The van der Waals surface area contributed by atoms with Crippen LogP contribution in [0.25, 0.3) is 0 Å². The van der Waals surface area contributed by atoms with Crippen LogP contribution in [0, 0.1) is 0 Å².